The Hall–Kier alpha value is -1.12. The second kappa shape index (κ2) is 6.33. The molecule has 0 bridgehead atoms. The fourth-order valence-corrected chi connectivity index (χ4v) is 3.79. The van der Waals surface area contributed by atoms with Crippen molar-refractivity contribution in [1.82, 2.24) is 5.32 Å². The first kappa shape index (κ1) is 14.8. The normalized spacial score (nSPS) is 15.6. The van der Waals surface area contributed by atoms with Gasteiger partial charge in [-0.25, -0.2) is 0 Å². The van der Waals surface area contributed by atoms with E-state index < -0.39 is 0 Å². The zero-order valence-corrected chi connectivity index (χ0v) is 14.3. The summed E-state index contributed by atoms with van der Waals surface area (Å²) in [5.41, 5.74) is 7.06. The van der Waals surface area contributed by atoms with Crippen LogP contribution >= 0.6 is 15.9 Å². The van der Waals surface area contributed by atoms with E-state index in [9.17, 15) is 0 Å². The molecule has 0 aromatic heterocycles. The summed E-state index contributed by atoms with van der Waals surface area (Å²) in [4.78, 5) is 0. The Kier molecular flexibility index (Phi) is 4.46. The summed E-state index contributed by atoms with van der Waals surface area (Å²) in [7, 11) is 2.04. The molecule has 0 amide bonds. The Morgan fingerprint density at radius 3 is 2.52 bits per heavy atom. The standard InChI is InChI=1S/C19H22BrN/c1-13-7-10-18(20)17(11-13)19(21-2)16-9-8-14-5-3-4-6-15(14)12-16/h7-12,19,21H,3-6H2,1-2H3. The average molecular weight is 344 g/mol. The molecule has 0 spiro atoms. The van der Waals surface area contributed by atoms with Gasteiger partial charge in [0.15, 0.2) is 0 Å². The van der Waals surface area contributed by atoms with E-state index in [-0.39, 0.29) is 6.04 Å². The minimum atomic E-state index is 0.242. The van der Waals surface area contributed by atoms with Crippen molar-refractivity contribution in [1.29, 1.82) is 0 Å². The van der Waals surface area contributed by atoms with Gasteiger partial charge in [0.25, 0.3) is 0 Å². The summed E-state index contributed by atoms with van der Waals surface area (Å²) in [6.07, 6.45) is 5.14. The Balaban J connectivity index is 2.01. The maximum atomic E-state index is 3.70. The maximum Gasteiger partial charge on any atom is 0.0585 e. The number of benzene rings is 2. The van der Waals surface area contributed by atoms with Crippen LogP contribution in [0.15, 0.2) is 40.9 Å². The highest BCUT2D eigenvalue weighted by Crippen LogP contribution is 2.31. The van der Waals surface area contributed by atoms with Gasteiger partial charge in [0.1, 0.15) is 0 Å². The predicted molar refractivity (Wildman–Crippen MR) is 92.9 cm³/mol. The van der Waals surface area contributed by atoms with E-state index in [1.165, 1.54) is 46.8 Å². The molecule has 2 aromatic rings. The molecule has 0 radical (unpaired) electrons. The molecule has 0 aliphatic heterocycles. The van der Waals surface area contributed by atoms with Crippen molar-refractivity contribution in [3.63, 3.8) is 0 Å². The van der Waals surface area contributed by atoms with Crippen LogP contribution < -0.4 is 5.32 Å². The second-order valence-corrected chi connectivity index (χ2v) is 6.84. The van der Waals surface area contributed by atoms with Crippen molar-refractivity contribution in [2.24, 2.45) is 0 Å². The van der Waals surface area contributed by atoms with Crippen molar-refractivity contribution in [3.8, 4) is 0 Å². The molecule has 1 unspecified atom stereocenters. The van der Waals surface area contributed by atoms with E-state index in [4.69, 9.17) is 0 Å². The molecule has 0 heterocycles. The number of hydrogen-bond acceptors (Lipinski definition) is 1. The Labute approximate surface area is 135 Å². The summed E-state index contributed by atoms with van der Waals surface area (Å²) >= 11 is 3.70. The molecule has 1 nitrogen and oxygen atoms in total. The second-order valence-electron chi connectivity index (χ2n) is 5.98. The van der Waals surface area contributed by atoms with Crippen molar-refractivity contribution in [2.75, 3.05) is 7.05 Å². The van der Waals surface area contributed by atoms with Gasteiger partial charge in [-0.2, -0.15) is 0 Å². The van der Waals surface area contributed by atoms with Gasteiger partial charge in [0.05, 0.1) is 6.04 Å². The van der Waals surface area contributed by atoms with E-state index in [2.05, 4.69) is 64.6 Å². The van der Waals surface area contributed by atoms with Crippen LogP contribution in [0.3, 0.4) is 0 Å². The highest BCUT2D eigenvalue weighted by Gasteiger charge is 2.17. The average Bonchev–Trinajstić information content (AvgIpc) is 2.51. The van der Waals surface area contributed by atoms with E-state index in [0.29, 0.717) is 0 Å². The molecule has 0 fully saturated rings. The van der Waals surface area contributed by atoms with Crippen LogP contribution in [0.5, 0.6) is 0 Å². The lowest BCUT2D eigenvalue weighted by Crippen LogP contribution is -2.19. The topological polar surface area (TPSA) is 12.0 Å². The minimum absolute atomic E-state index is 0.242. The van der Waals surface area contributed by atoms with Crippen LogP contribution in [0.1, 0.15) is 46.7 Å². The van der Waals surface area contributed by atoms with Crippen LogP contribution in [-0.2, 0) is 12.8 Å². The predicted octanol–water partition coefficient (Wildman–Crippen LogP) is 4.95. The van der Waals surface area contributed by atoms with E-state index in [1.807, 2.05) is 7.05 Å². The molecule has 1 aliphatic carbocycles. The fraction of sp³-hybridized carbons (Fsp3) is 0.368. The van der Waals surface area contributed by atoms with Crippen LogP contribution in [-0.4, -0.2) is 7.05 Å². The molecule has 1 aliphatic rings. The van der Waals surface area contributed by atoms with Gasteiger partial charge < -0.3 is 5.32 Å². The van der Waals surface area contributed by atoms with E-state index >= 15 is 0 Å². The molecular formula is C19H22BrN. The maximum absolute atomic E-state index is 3.70. The first-order valence-electron chi connectivity index (χ1n) is 7.74. The van der Waals surface area contributed by atoms with Gasteiger partial charge in [0, 0.05) is 4.47 Å². The number of fused-ring (bicyclic) bond motifs is 1. The zero-order chi connectivity index (χ0) is 14.8. The van der Waals surface area contributed by atoms with Gasteiger partial charge in [-0.1, -0.05) is 51.8 Å². The van der Waals surface area contributed by atoms with Gasteiger partial charge in [-0.05, 0) is 68.0 Å². The zero-order valence-electron chi connectivity index (χ0n) is 12.7. The van der Waals surface area contributed by atoms with Crippen molar-refractivity contribution < 1.29 is 0 Å². The fourth-order valence-electron chi connectivity index (χ4n) is 3.32. The lowest BCUT2D eigenvalue weighted by molar-refractivity contribution is 0.666. The Bertz CT molecular complexity index is 648. The highest BCUT2D eigenvalue weighted by molar-refractivity contribution is 9.10. The Morgan fingerprint density at radius 1 is 1.00 bits per heavy atom. The lowest BCUT2D eigenvalue weighted by Gasteiger charge is -2.23. The third kappa shape index (κ3) is 3.07. The van der Waals surface area contributed by atoms with Crippen LogP contribution in [0.2, 0.25) is 0 Å². The quantitative estimate of drug-likeness (QED) is 0.831. The lowest BCUT2D eigenvalue weighted by atomic mass is 9.88. The largest absolute Gasteiger partial charge is 0.309 e. The molecule has 0 saturated carbocycles. The number of halogens is 1. The summed E-state index contributed by atoms with van der Waals surface area (Å²) in [5.74, 6) is 0. The van der Waals surface area contributed by atoms with E-state index in [0.717, 1.165) is 0 Å². The third-order valence-electron chi connectivity index (χ3n) is 4.46. The first-order chi connectivity index (χ1) is 10.2. The van der Waals surface area contributed by atoms with Gasteiger partial charge in [0.2, 0.25) is 0 Å². The molecule has 2 aromatic carbocycles. The number of aryl methyl sites for hydroxylation is 3. The summed E-state index contributed by atoms with van der Waals surface area (Å²) in [5, 5.41) is 3.48. The van der Waals surface area contributed by atoms with Crippen molar-refractivity contribution in [3.05, 3.63) is 68.7 Å². The molecule has 1 N–H and O–H groups in total. The SMILES string of the molecule is CNC(c1ccc2c(c1)CCCC2)c1cc(C)ccc1Br. The highest BCUT2D eigenvalue weighted by atomic mass is 79.9. The molecule has 0 saturated heterocycles. The first-order valence-corrected chi connectivity index (χ1v) is 8.53. The summed E-state index contributed by atoms with van der Waals surface area (Å²) in [6.45, 7) is 2.15. The van der Waals surface area contributed by atoms with E-state index in [1.54, 1.807) is 11.1 Å². The monoisotopic (exact) mass is 343 g/mol. The molecule has 21 heavy (non-hydrogen) atoms. The van der Waals surface area contributed by atoms with Crippen molar-refractivity contribution in [2.45, 2.75) is 38.6 Å². The minimum Gasteiger partial charge on any atom is -0.309 e. The van der Waals surface area contributed by atoms with Crippen LogP contribution in [0.25, 0.3) is 0 Å². The number of nitrogens with one attached hydrogen (secondary N) is 1. The number of hydrogen-bond donors (Lipinski definition) is 1. The molecular weight excluding hydrogens is 322 g/mol. The van der Waals surface area contributed by atoms with Crippen LogP contribution in [0, 0.1) is 6.92 Å². The van der Waals surface area contributed by atoms with Gasteiger partial charge >= 0.3 is 0 Å². The van der Waals surface area contributed by atoms with Gasteiger partial charge in [-0.15, -0.1) is 0 Å². The van der Waals surface area contributed by atoms with Crippen molar-refractivity contribution >= 4 is 15.9 Å². The molecule has 3 rings (SSSR count). The summed E-state index contributed by atoms with van der Waals surface area (Å²) in [6, 6.07) is 13.8. The Morgan fingerprint density at radius 2 is 1.76 bits per heavy atom. The summed E-state index contributed by atoms with van der Waals surface area (Å²) < 4.78 is 1.17. The van der Waals surface area contributed by atoms with Crippen LogP contribution in [0.4, 0.5) is 0 Å². The third-order valence-corrected chi connectivity index (χ3v) is 5.18. The molecule has 1 atom stereocenters. The molecule has 110 valence electrons. The molecule has 2 heteroatoms. The number of rotatable bonds is 3. The smallest absolute Gasteiger partial charge is 0.0585 e. The van der Waals surface area contributed by atoms with Gasteiger partial charge in [-0.3, -0.25) is 0 Å².